The first-order chi connectivity index (χ1) is 11.6. The smallest absolute Gasteiger partial charge is 0.231 e. The first-order valence-corrected chi connectivity index (χ1v) is 8.57. The van der Waals surface area contributed by atoms with Crippen LogP contribution in [0.2, 0.25) is 5.02 Å². The molecule has 1 amide bonds. The number of benzene rings is 2. The highest BCUT2D eigenvalue weighted by Gasteiger charge is 2.52. The van der Waals surface area contributed by atoms with Crippen LogP contribution in [-0.4, -0.2) is 10.9 Å². The van der Waals surface area contributed by atoms with Crippen molar-refractivity contribution in [3.05, 3.63) is 70.4 Å². The van der Waals surface area contributed by atoms with Gasteiger partial charge in [0.15, 0.2) is 0 Å². The number of aryl methyl sites for hydroxylation is 1. The van der Waals surface area contributed by atoms with Gasteiger partial charge in [0.25, 0.3) is 0 Å². The van der Waals surface area contributed by atoms with Gasteiger partial charge >= 0.3 is 0 Å². The normalized spacial score (nSPS) is 15.4. The maximum absolute atomic E-state index is 12.8. The number of halogens is 1. The second-order valence-corrected chi connectivity index (χ2v) is 7.08. The summed E-state index contributed by atoms with van der Waals surface area (Å²) in [4.78, 5) is 16.1. The van der Waals surface area contributed by atoms with Crippen molar-refractivity contribution in [1.82, 2.24) is 10.3 Å². The van der Waals surface area contributed by atoms with E-state index in [4.69, 9.17) is 11.6 Å². The molecule has 0 atom stereocenters. The van der Waals surface area contributed by atoms with Crippen LogP contribution in [0.25, 0.3) is 10.9 Å². The average Bonchev–Trinajstić information content (AvgIpc) is 3.28. The minimum Gasteiger partial charge on any atom is -0.361 e. The van der Waals surface area contributed by atoms with Gasteiger partial charge in [-0.1, -0.05) is 41.4 Å². The Kier molecular flexibility index (Phi) is 3.61. The van der Waals surface area contributed by atoms with E-state index in [1.54, 1.807) is 0 Å². The lowest BCUT2D eigenvalue weighted by atomic mass is 9.94. The van der Waals surface area contributed by atoms with Crippen LogP contribution < -0.4 is 5.32 Å². The van der Waals surface area contributed by atoms with Gasteiger partial charge in [-0.3, -0.25) is 4.79 Å². The van der Waals surface area contributed by atoms with Crippen LogP contribution in [0.1, 0.15) is 29.5 Å². The van der Waals surface area contributed by atoms with E-state index in [1.165, 1.54) is 5.56 Å². The first kappa shape index (κ1) is 15.3. The Morgan fingerprint density at radius 3 is 2.67 bits per heavy atom. The van der Waals surface area contributed by atoms with Crippen LogP contribution in [-0.2, 0) is 16.8 Å². The van der Waals surface area contributed by atoms with Crippen LogP contribution in [0.4, 0.5) is 0 Å². The van der Waals surface area contributed by atoms with Crippen LogP contribution in [0.15, 0.2) is 48.7 Å². The molecule has 2 aromatic carbocycles. The molecule has 1 heterocycles. The highest BCUT2D eigenvalue weighted by atomic mass is 35.5. The summed E-state index contributed by atoms with van der Waals surface area (Å²) in [5, 5.41) is 4.84. The average molecular weight is 339 g/mol. The summed E-state index contributed by atoms with van der Waals surface area (Å²) < 4.78 is 0. The quantitative estimate of drug-likeness (QED) is 0.724. The van der Waals surface area contributed by atoms with Gasteiger partial charge in [-0.05, 0) is 49.1 Å². The molecular weight excluding hydrogens is 320 g/mol. The maximum atomic E-state index is 12.8. The summed E-state index contributed by atoms with van der Waals surface area (Å²) in [6.45, 7) is 2.62. The highest BCUT2D eigenvalue weighted by molar-refractivity contribution is 6.31. The minimum atomic E-state index is -0.409. The van der Waals surface area contributed by atoms with Crippen molar-refractivity contribution < 1.29 is 4.79 Å². The van der Waals surface area contributed by atoms with E-state index in [-0.39, 0.29) is 5.91 Å². The third kappa shape index (κ3) is 2.59. The Morgan fingerprint density at radius 1 is 1.21 bits per heavy atom. The third-order valence-electron chi connectivity index (χ3n) is 4.92. The molecule has 1 aromatic heterocycles. The summed E-state index contributed by atoms with van der Waals surface area (Å²) in [7, 11) is 0. The molecule has 0 spiro atoms. The van der Waals surface area contributed by atoms with Crippen LogP contribution in [0.5, 0.6) is 0 Å². The molecule has 1 aliphatic carbocycles. The SMILES string of the molecule is Cc1ccc(CNC(=O)C2(c3c[nH]c4ccc(Cl)cc34)CC2)cc1. The van der Waals surface area contributed by atoms with E-state index >= 15 is 0 Å². The molecule has 0 saturated heterocycles. The van der Waals surface area contributed by atoms with Gasteiger partial charge in [0.2, 0.25) is 5.91 Å². The number of hydrogen-bond donors (Lipinski definition) is 2. The van der Waals surface area contributed by atoms with Crippen LogP contribution in [0.3, 0.4) is 0 Å². The van der Waals surface area contributed by atoms with Crippen molar-refractivity contribution in [3.63, 3.8) is 0 Å². The number of hydrogen-bond acceptors (Lipinski definition) is 1. The maximum Gasteiger partial charge on any atom is 0.231 e. The van der Waals surface area contributed by atoms with Gasteiger partial charge in [0.1, 0.15) is 0 Å². The lowest BCUT2D eigenvalue weighted by molar-refractivity contribution is -0.123. The molecule has 4 rings (SSSR count). The van der Waals surface area contributed by atoms with Gasteiger partial charge in [-0.2, -0.15) is 0 Å². The molecule has 0 unspecified atom stereocenters. The lowest BCUT2D eigenvalue weighted by Crippen LogP contribution is -2.34. The Balaban J connectivity index is 1.56. The van der Waals surface area contributed by atoms with Gasteiger partial charge in [0, 0.05) is 28.7 Å². The molecule has 122 valence electrons. The fraction of sp³-hybridized carbons (Fsp3) is 0.250. The Bertz CT molecular complexity index is 907. The number of H-pyrrole nitrogens is 1. The molecule has 2 N–H and O–H groups in total. The molecular formula is C20H19ClN2O. The fourth-order valence-electron chi connectivity index (χ4n) is 3.29. The monoisotopic (exact) mass is 338 g/mol. The molecule has 24 heavy (non-hydrogen) atoms. The van der Waals surface area contributed by atoms with E-state index in [0.717, 1.165) is 34.9 Å². The van der Waals surface area contributed by atoms with Crippen molar-refractivity contribution in [2.24, 2.45) is 0 Å². The number of rotatable bonds is 4. The molecule has 3 nitrogen and oxygen atoms in total. The molecule has 1 saturated carbocycles. The van der Waals surface area contributed by atoms with E-state index < -0.39 is 5.41 Å². The highest BCUT2D eigenvalue weighted by Crippen LogP contribution is 2.50. The van der Waals surface area contributed by atoms with E-state index in [1.807, 2.05) is 24.4 Å². The minimum absolute atomic E-state index is 0.101. The number of amides is 1. The van der Waals surface area contributed by atoms with Gasteiger partial charge < -0.3 is 10.3 Å². The molecule has 1 fully saturated rings. The summed E-state index contributed by atoms with van der Waals surface area (Å²) in [5.74, 6) is 0.101. The molecule has 0 bridgehead atoms. The Hall–Kier alpha value is -2.26. The van der Waals surface area contributed by atoms with Gasteiger partial charge in [-0.15, -0.1) is 0 Å². The predicted octanol–water partition coefficient (Wildman–Crippen LogP) is 4.48. The Labute approximate surface area is 146 Å². The number of fused-ring (bicyclic) bond motifs is 1. The second kappa shape index (κ2) is 5.67. The summed E-state index contributed by atoms with van der Waals surface area (Å²) >= 11 is 6.14. The molecule has 0 aliphatic heterocycles. The topological polar surface area (TPSA) is 44.9 Å². The third-order valence-corrected chi connectivity index (χ3v) is 5.15. The fourth-order valence-corrected chi connectivity index (χ4v) is 3.46. The molecule has 4 heteroatoms. The zero-order chi connectivity index (χ0) is 16.7. The van der Waals surface area contributed by atoms with E-state index in [9.17, 15) is 4.79 Å². The zero-order valence-corrected chi connectivity index (χ0v) is 14.3. The van der Waals surface area contributed by atoms with E-state index in [2.05, 4.69) is 41.5 Å². The number of carbonyl (C=O) groups excluding carboxylic acids is 1. The number of carbonyl (C=O) groups is 1. The standard InChI is InChI=1S/C20H19ClN2O/c1-13-2-4-14(5-3-13)11-23-19(24)20(8-9-20)17-12-22-18-7-6-15(21)10-16(17)18/h2-7,10,12,22H,8-9,11H2,1H3,(H,23,24). The molecule has 0 radical (unpaired) electrons. The summed E-state index contributed by atoms with van der Waals surface area (Å²) in [6, 6.07) is 14.0. The number of nitrogens with one attached hydrogen (secondary N) is 2. The lowest BCUT2D eigenvalue weighted by Gasteiger charge is -2.15. The summed E-state index contributed by atoms with van der Waals surface area (Å²) in [6.07, 6.45) is 3.72. The number of aromatic amines is 1. The van der Waals surface area contributed by atoms with Crippen molar-refractivity contribution >= 4 is 28.4 Å². The van der Waals surface area contributed by atoms with Crippen LogP contribution >= 0.6 is 11.6 Å². The molecule has 3 aromatic rings. The van der Waals surface area contributed by atoms with Crippen molar-refractivity contribution in [3.8, 4) is 0 Å². The van der Waals surface area contributed by atoms with Crippen molar-refractivity contribution in [1.29, 1.82) is 0 Å². The van der Waals surface area contributed by atoms with Gasteiger partial charge in [0.05, 0.1) is 5.41 Å². The second-order valence-electron chi connectivity index (χ2n) is 6.64. The van der Waals surface area contributed by atoms with E-state index in [0.29, 0.717) is 11.6 Å². The zero-order valence-electron chi connectivity index (χ0n) is 13.5. The Morgan fingerprint density at radius 2 is 1.96 bits per heavy atom. The van der Waals surface area contributed by atoms with Crippen molar-refractivity contribution in [2.45, 2.75) is 31.7 Å². The first-order valence-electron chi connectivity index (χ1n) is 8.19. The molecule has 1 aliphatic rings. The van der Waals surface area contributed by atoms with Crippen molar-refractivity contribution in [2.75, 3.05) is 0 Å². The number of aromatic nitrogens is 1. The summed E-state index contributed by atoms with van der Waals surface area (Å²) in [5.41, 5.74) is 4.01. The van der Waals surface area contributed by atoms with Gasteiger partial charge in [-0.25, -0.2) is 0 Å². The van der Waals surface area contributed by atoms with Crippen LogP contribution in [0, 0.1) is 6.92 Å². The largest absolute Gasteiger partial charge is 0.361 e. The predicted molar refractivity (Wildman–Crippen MR) is 97.2 cm³/mol.